The van der Waals surface area contributed by atoms with Crippen LogP contribution in [0.5, 0.6) is 11.9 Å². The number of hydrogen-bond donors (Lipinski definition) is 0. The van der Waals surface area contributed by atoms with Crippen molar-refractivity contribution in [2.45, 2.75) is 6.10 Å². The van der Waals surface area contributed by atoms with Gasteiger partial charge < -0.3 is 9.47 Å². The average Bonchev–Trinajstić information content (AvgIpc) is 3.34. The molecule has 0 spiro atoms. The van der Waals surface area contributed by atoms with Gasteiger partial charge in [0.05, 0.1) is 4.88 Å². The third kappa shape index (κ3) is 3.37. The molecule has 0 saturated carbocycles. The predicted molar refractivity (Wildman–Crippen MR) is 112 cm³/mol. The third-order valence-corrected chi connectivity index (χ3v) is 5.70. The normalized spacial score (nSPS) is 14.9. The van der Waals surface area contributed by atoms with Crippen molar-refractivity contribution in [3.8, 4) is 32.9 Å². The fraction of sp³-hybridized carbons (Fsp3) is 0.0909. The minimum absolute atomic E-state index is 0.0207. The molecule has 148 valence electrons. The van der Waals surface area contributed by atoms with E-state index in [2.05, 4.69) is 9.97 Å². The SMILES string of the molecule is O=C1[C@H](COc2nc(-c3ccccc3)sc2-c2ccccc2)Oc2nc(=O)ccn21. The molecule has 8 heteroatoms. The lowest BCUT2D eigenvalue weighted by atomic mass is 10.2. The van der Waals surface area contributed by atoms with Gasteiger partial charge in [-0.2, -0.15) is 4.98 Å². The largest absolute Gasteiger partial charge is 0.472 e. The van der Waals surface area contributed by atoms with E-state index in [1.165, 1.54) is 28.2 Å². The van der Waals surface area contributed by atoms with E-state index < -0.39 is 11.7 Å². The zero-order valence-corrected chi connectivity index (χ0v) is 16.4. The molecule has 0 unspecified atom stereocenters. The lowest BCUT2D eigenvalue weighted by Gasteiger charge is -2.09. The second kappa shape index (κ2) is 7.57. The highest BCUT2D eigenvalue weighted by molar-refractivity contribution is 7.18. The second-order valence-electron chi connectivity index (χ2n) is 6.56. The van der Waals surface area contributed by atoms with Gasteiger partial charge in [-0.05, 0) is 5.56 Å². The summed E-state index contributed by atoms with van der Waals surface area (Å²) in [6.07, 6.45) is 0.462. The summed E-state index contributed by atoms with van der Waals surface area (Å²) in [5.41, 5.74) is 1.49. The highest BCUT2D eigenvalue weighted by atomic mass is 32.1. The van der Waals surface area contributed by atoms with Crippen molar-refractivity contribution in [1.82, 2.24) is 14.5 Å². The number of fused-ring (bicyclic) bond motifs is 1. The topological polar surface area (TPSA) is 83.3 Å². The Labute approximate surface area is 175 Å². The van der Waals surface area contributed by atoms with E-state index in [0.29, 0.717) is 5.88 Å². The molecule has 5 rings (SSSR count). The Kier molecular flexibility index (Phi) is 4.61. The Morgan fingerprint density at radius 1 is 0.933 bits per heavy atom. The summed E-state index contributed by atoms with van der Waals surface area (Å²) in [5.74, 6) is 0.0946. The van der Waals surface area contributed by atoms with E-state index in [-0.39, 0.29) is 18.5 Å². The fourth-order valence-electron chi connectivity index (χ4n) is 3.11. The molecule has 30 heavy (non-hydrogen) atoms. The maximum Gasteiger partial charge on any atom is 0.307 e. The van der Waals surface area contributed by atoms with Crippen molar-refractivity contribution < 1.29 is 14.3 Å². The number of nitrogens with zero attached hydrogens (tertiary/aromatic N) is 3. The molecule has 1 aliphatic heterocycles. The first-order valence-corrected chi connectivity index (χ1v) is 10.1. The van der Waals surface area contributed by atoms with Crippen LogP contribution in [0.25, 0.3) is 21.0 Å². The van der Waals surface area contributed by atoms with Crippen molar-refractivity contribution in [2.75, 3.05) is 6.61 Å². The van der Waals surface area contributed by atoms with Crippen LogP contribution in [0.1, 0.15) is 4.79 Å². The summed E-state index contributed by atoms with van der Waals surface area (Å²) in [6, 6.07) is 20.8. The zero-order chi connectivity index (χ0) is 20.5. The number of carbonyl (C=O) groups excluding carboxylic acids is 1. The Balaban J connectivity index is 1.43. The van der Waals surface area contributed by atoms with E-state index in [1.807, 2.05) is 60.7 Å². The van der Waals surface area contributed by atoms with Crippen LogP contribution < -0.4 is 15.0 Å². The van der Waals surface area contributed by atoms with E-state index in [4.69, 9.17) is 9.47 Å². The second-order valence-corrected chi connectivity index (χ2v) is 7.56. The molecule has 0 bridgehead atoms. The number of thiazole rings is 1. The molecule has 3 heterocycles. The Hall–Kier alpha value is -3.78. The van der Waals surface area contributed by atoms with E-state index in [1.54, 1.807) is 0 Å². The first-order valence-electron chi connectivity index (χ1n) is 9.24. The summed E-state index contributed by atoms with van der Waals surface area (Å²) >= 11 is 1.52. The molecule has 0 fully saturated rings. The molecule has 4 aromatic rings. The van der Waals surface area contributed by atoms with Gasteiger partial charge in [-0.3, -0.25) is 9.59 Å². The summed E-state index contributed by atoms with van der Waals surface area (Å²) in [4.78, 5) is 33.2. The van der Waals surface area contributed by atoms with E-state index in [0.717, 1.165) is 21.0 Å². The average molecular weight is 417 g/mol. The van der Waals surface area contributed by atoms with Crippen LogP contribution in [0.15, 0.2) is 77.7 Å². The molecule has 0 radical (unpaired) electrons. The lowest BCUT2D eigenvalue weighted by molar-refractivity contribution is 0.0723. The highest BCUT2D eigenvalue weighted by Gasteiger charge is 2.34. The molecule has 0 saturated heterocycles. The van der Waals surface area contributed by atoms with Gasteiger partial charge in [-0.1, -0.05) is 60.7 Å². The molecule has 0 amide bonds. The minimum atomic E-state index is -0.898. The number of carbonyl (C=O) groups is 1. The van der Waals surface area contributed by atoms with Crippen LogP contribution in [-0.2, 0) is 0 Å². The van der Waals surface area contributed by atoms with Crippen molar-refractivity contribution in [1.29, 1.82) is 0 Å². The number of benzene rings is 2. The van der Waals surface area contributed by atoms with Gasteiger partial charge in [-0.25, -0.2) is 9.55 Å². The number of rotatable bonds is 5. The van der Waals surface area contributed by atoms with Crippen molar-refractivity contribution in [3.05, 3.63) is 83.3 Å². The van der Waals surface area contributed by atoms with E-state index in [9.17, 15) is 9.59 Å². The van der Waals surface area contributed by atoms with Crippen LogP contribution in [0.2, 0.25) is 0 Å². The van der Waals surface area contributed by atoms with Gasteiger partial charge in [-0.15, -0.1) is 11.3 Å². The maximum atomic E-state index is 12.5. The van der Waals surface area contributed by atoms with Crippen molar-refractivity contribution in [3.63, 3.8) is 0 Å². The van der Waals surface area contributed by atoms with E-state index >= 15 is 0 Å². The standard InChI is InChI=1S/C22H15N3O4S/c26-17-11-12-25-21(27)16(29-22(25)23-17)13-28-19-18(14-7-3-1-4-8-14)30-20(24-19)15-9-5-2-6-10-15/h1-12,16H,13H2/t16-/m0/s1. The first kappa shape index (κ1) is 18.3. The van der Waals surface area contributed by atoms with Crippen LogP contribution in [-0.4, -0.2) is 33.2 Å². The molecular weight excluding hydrogens is 402 g/mol. The smallest absolute Gasteiger partial charge is 0.307 e. The molecule has 0 N–H and O–H groups in total. The van der Waals surface area contributed by atoms with Gasteiger partial charge in [0.15, 0.2) is 0 Å². The van der Waals surface area contributed by atoms with Crippen molar-refractivity contribution >= 4 is 17.2 Å². The summed E-state index contributed by atoms with van der Waals surface area (Å²) in [5, 5.41) is 0.818. The van der Waals surface area contributed by atoms with Crippen LogP contribution in [0.3, 0.4) is 0 Å². The molecular formula is C22H15N3O4S. The summed E-state index contributed by atoms with van der Waals surface area (Å²) in [6.45, 7) is -0.0474. The number of aromatic nitrogens is 3. The van der Waals surface area contributed by atoms with Gasteiger partial charge in [0.1, 0.15) is 11.6 Å². The lowest BCUT2D eigenvalue weighted by Crippen LogP contribution is -2.30. The first-order chi connectivity index (χ1) is 14.7. The minimum Gasteiger partial charge on any atom is -0.472 e. The number of hydrogen-bond acceptors (Lipinski definition) is 7. The molecule has 0 aliphatic carbocycles. The van der Waals surface area contributed by atoms with Gasteiger partial charge in [0.25, 0.3) is 11.5 Å². The van der Waals surface area contributed by atoms with Crippen LogP contribution in [0.4, 0.5) is 0 Å². The highest BCUT2D eigenvalue weighted by Crippen LogP contribution is 2.40. The molecule has 2 aromatic heterocycles. The monoisotopic (exact) mass is 417 g/mol. The van der Waals surface area contributed by atoms with Gasteiger partial charge in [0, 0.05) is 17.8 Å². The quantitative estimate of drug-likeness (QED) is 0.494. The predicted octanol–water partition coefficient (Wildman–Crippen LogP) is 3.51. The van der Waals surface area contributed by atoms with Crippen LogP contribution >= 0.6 is 11.3 Å². The van der Waals surface area contributed by atoms with Gasteiger partial charge in [0.2, 0.25) is 12.0 Å². The molecule has 7 nitrogen and oxygen atoms in total. The Morgan fingerprint density at radius 3 is 2.37 bits per heavy atom. The number of ether oxygens (including phenoxy) is 2. The zero-order valence-electron chi connectivity index (χ0n) is 15.6. The van der Waals surface area contributed by atoms with Crippen LogP contribution in [0, 0.1) is 0 Å². The molecule has 1 aliphatic rings. The Morgan fingerprint density at radius 2 is 1.63 bits per heavy atom. The molecule has 1 atom stereocenters. The van der Waals surface area contributed by atoms with Gasteiger partial charge >= 0.3 is 6.01 Å². The molecule has 2 aromatic carbocycles. The maximum absolute atomic E-state index is 12.5. The summed E-state index contributed by atoms with van der Waals surface area (Å²) < 4.78 is 12.7. The third-order valence-electron chi connectivity index (χ3n) is 4.56. The van der Waals surface area contributed by atoms with Crippen molar-refractivity contribution in [2.24, 2.45) is 0 Å². The fourth-order valence-corrected chi connectivity index (χ4v) is 4.13. The summed E-state index contributed by atoms with van der Waals surface area (Å²) in [7, 11) is 0. The Bertz CT molecular complexity index is 1270.